The van der Waals surface area contributed by atoms with Gasteiger partial charge in [0.1, 0.15) is 0 Å². The van der Waals surface area contributed by atoms with E-state index in [1.54, 1.807) is 0 Å². The van der Waals surface area contributed by atoms with Crippen LogP contribution in [0.15, 0.2) is 12.1 Å². The minimum absolute atomic E-state index is 0.284. The fourth-order valence-corrected chi connectivity index (χ4v) is 1.43. The lowest BCUT2D eigenvalue weighted by Gasteiger charge is -2.12. The standard InChI is InChI=1S/C11H10F6O/c12-7-4-6(5-8(13)10(7)14)9(18)2-1-3-11(15,16)17/h4-5,9,18H,1-3H2. The lowest BCUT2D eigenvalue weighted by molar-refractivity contribution is -0.136. The van der Waals surface area contributed by atoms with Crippen LogP contribution in [0.4, 0.5) is 26.3 Å². The molecule has 7 heteroatoms. The average molecular weight is 272 g/mol. The van der Waals surface area contributed by atoms with Crippen LogP contribution in [-0.4, -0.2) is 11.3 Å². The molecule has 0 spiro atoms. The first-order chi connectivity index (χ1) is 8.20. The third-order valence-corrected chi connectivity index (χ3v) is 2.33. The Labute approximate surface area is 99.0 Å². The van der Waals surface area contributed by atoms with Gasteiger partial charge < -0.3 is 5.11 Å². The number of halogens is 6. The highest BCUT2D eigenvalue weighted by atomic mass is 19.4. The first-order valence-electron chi connectivity index (χ1n) is 5.10. The minimum Gasteiger partial charge on any atom is -0.388 e. The summed E-state index contributed by atoms with van der Waals surface area (Å²) < 4.78 is 73.7. The van der Waals surface area contributed by atoms with E-state index in [1.807, 2.05) is 0 Å². The summed E-state index contributed by atoms with van der Waals surface area (Å²) in [5, 5.41) is 9.43. The van der Waals surface area contributed by atoms with Crippen molar-refractivity contribution in [3.63, 3.8) is 0 Å². The number of alkyl halides is 3. The summed E-state index contributed by atoms with van der Waals surface area (Å²) in [7, 11) is 0. The molecule has 1 atom stereocenters. The molecule has 0 aromatic heterocycles. The molecule has 0 saturated carbocycles. The quantitative estimate of drug-likeness (QED) is 0.651. The first-order valence-corrected chi connectivity index (χ1v) is 5.10. The van der Waals surface area contributed by atoms with Crippen molar-refractivity contribution < 1.29 is 31.4 Å². The second-order valence-electron chi connectivity index (χ2n) is 3.82. The molecule has 0 aliphatic carbocycles. The normalized spacial score (nSPS) is 13.7. The van der Waals surface area contributed by atoms with Gasteiger partial charge >= 0.3 is 6.18 Å². The number of aliphatic hydroxyl groups is 1. The molecule has 1 nitrogen and oxygen atoms in total. The maximum Gasteiger partial charge on any atom is 0.389 e. The minimum atomic E-state index is -4.35. The molecule has 0 fully saturated rings. The first kappa shape index (κ1) is 14.8. The lowest BCUT2D eigenvalue weighted by atomic mass is 10.0. The molecule has 0 saturated heterocycles. The Morgan fingerprint density at radius 3 is 2.00 bits per heavy atom. The average Bonchev–Trinajstić information content (AvgIpc) is 2.23. The van der Waals surface area contributed by atoms with Crippen molar-refractivity contribution in [2.75, 3.05) is 0 Å². The van der Waals surface area contributed by atoms with Crippen molar-refractivity contribution in [2.45, 2.75) is 31.5 Å². The molecule has 18 heavy (non-hydrogen) atoms. The van der Waals surface area contributed by atoms with E-state index in [2.05, 4.69) is 0 Å². The Balaban J connectivity index is 2.65. The maximum atomic E-state index is 12.8. The predicted octanol–water partition coefficient (Wildman–Crippen LogP) is 3.87. The van der Waals surface area contributed by atoms with E-state index in [1.165, 1.54) is 0 Å². The van der Waals surface area contributed by atoms with Crippen LogP contribution in [0.2, 0.25) is 0 Å². The van der Waals surface area contributed by atoms with Gasteiger partial charge in [0.2, 0.25) is 0 Å². The topological polar surface area (TPSA) is 20.2 Å². The highest BCUT2D eigenvalue weighted by molar-refractivity contribution is 5.21. The molecule has 0 aliphatic rings. The fraction of sp³-hybridized carbons (Fsp3) is 0.455. The zero-order chi connectivity index (χ0) is 13.9. The summed E-state index contributed by atoms with van der Waals surface area (Å²) in [5.41, 5.74) is -0.284. The second kappa shape index (κ2) is 5.60. The number of rotatable bonds is 4. The summed E-state index contributed by atoms with van der Waals surface area (Å²) in [6.45, 7) is 0. The van der Waals surface area contributed by atoms with E-state index in [4.69, 9.17) is 0 Å². The summed E-state index contributed by atoms with van der Waals surface area (Å²) in [6.07, 6.45) is -7.61. The Morgan fingerprint density at radius 2 is 1.56 bits per heavy atom. The molecule has 1 aromatic carbocycles. The van der Waals surface area contributed by atoms with Crippen molar-refractivity contribution in [3.8, 4) is 0 Å². The van der Waals surface area contributed by atoms with E-state index in [-0.39, 0.29) is 18.4 Å². The molecular formula is C11H10F6O. The zero-order valence-electron chi connectivity index (χ0n) is 9.07. The van der Waals surface area contributed by atoms with Gasteiger partial charge in [0.25, 0.3) is 0 Å². The monoisotopic (exact) mass is 272 g/mol. The van der Waals surface area contributed by atoms with Crippen LogP contribution < -0.4 is 0 Å². The highest BCUT2D eigenvalue weighted by Crippen LogP contribution is 2.27. The van der Waals surface area contributed by atoms with Gasteiger partial charge in [-0.1, -0.05) is 0 Å². The second-order valence-corrected chi connectivity index (χ2v) is 3.82. The van der Waals surface area contributed by atoms with Crippen molar-refractivity contribution in [2.24, 2.45) is 0 Å². The van der Waals surface area contributed by atoms with E-state index >= 15 is 0 Å². The van der Waals surface area contributed by atoms with Crippen molar-refractivity contribution in [1.29, 1.82) is 0 Å². The molecule has 0 radical (unpaired) electrons. The third kappa shape index (κ3) is 4.21. The van der Waals surface area contributed by atoms with Gasteiger partial charge in [-0.3, -0.25) is 0 Å². The van der Waals surface area contributed by atoms with Gasteiger partial charge in [0.15, 0.2) is 17.5 Å². The van der Waals surface area contributed by atoms with Crippen LogP contribution in [0.1, 0.15) is 30.9 Å². The summed E-state index contributed by atoms with van der Waals surface area (Å²) in [6, 6.07) is 1.13. The van der Waals surface area contributed by atoms with Crippen LogP contribution in [0.25, 0.3) is 0 Å². The molecule has 102 valence electrons. The smallest absolute Gasteiger partial charge is 0.388 e. The van der Waals surface area contributed by atoms with E-state index in [0.717, 1.165) is 0 Å². The molecular weight excluding hydrogens is 262 g/mol. The van der Waals surface area contributed by atoms with Gasteiger partial charge in [-0.15, -0.1) is 0 Å². The Bertz CT molecular complexity index is 391. The van der Waals surface area contributed by atoms with Gasteiger partial charge in [-0.2, -0.15) is 13.2 Å². The van der Waals surface area contributed by atoms with Gasteiger partial charge in [0.05, 0.1) is 6.10 Å². The number of hydrogen-bond acceptors (Lipinski definition) is 1. The molecule has 1 rings (SSSR count). The van der Waals surface area contributed by atoms with Crippen molar-refractivity contribution in [3.05, 3.63) is 35.1 Å². The maximum absolute atomic E-state index is 12.8. The van der Waals surface area contributed by atoms with Crippen LogP contribution in [0, 0.1) is 17.5 Å². The van der Waals surface area contributed by atoms with E-state index in [9.17, 15) is 31.4 Å². The van der Waals surface area contributed by atoms with Crippen molar-refractivity contribution >= 4 is 0 Å². The van der Waals surface area contributed by atoms with E-state index in [0.29, 0.717) is 12.1 Å². The van der Waals surface area contributed by atoms with Gasteiger partial charge in [-0.05, 0) is 30.5 Å². The third-order valence-electron chi connectivity index (χ3n) is 2.33. The highest BCUT2D eigenvalue weighted by Gasteiger charge is 2.27. The van der Waals surface area contributed by atoms with Gasteiger partial charge in [0, 0.05) is 6.42 Å². The summed E-state index contributed by atoms with van der Waals surface area (Å²) in [5.74, 6) is -4.65. The zero-order valence-corrected chi connectivity index (χ0v) is 9.07. The van der Waals surface area contributed by atoms with Crippen LogP contribution in [-0.2, 0) is 0 Å². The summed E-state index contributed by atoms with van der Waals surface area (Å²) >= 11 is 0. The Hall–Kier alpha value is -1.24. The molecule has 1 unspecified atom stereocenters. The predicted molar refractivity (Wildman–Crippen MR) is 51.2 cm³/mol. The lowest BCUT2D eigenvalue weighted by Crippen LogP contribution is -2.08. The number of benzene rings is 1. The Morgan fingerprint density at radius 1 is 1.06 bits per heavy atom. The molecule has 1 N–H and O–H groups in total. The fourth-order valence-electron chi connectivity index (χ4n) is 1.43. The number of aliphatic hydroxyl groups excluding tert-OH is 1. The SMILES string of the molecule is OC(CCCC(F)(F)F)c1cc(F)c(F)c(F)c1. The molecule has 0 amide bonds. The van der Waals surface area contributed by atoms with Crippen molar-refractivity contribution in [1.82, 2.24) is 0 Å². The molecule has 0 heterocycles. The van der Waals surface area contributed by atoms with Gasteiger partial charge in [-0.25, -0.2) is 13.2 Å². The molecule has 0 bridgehead atoms. The van der Waals surface area contributed by atoms with Crippen LogP contribution in [0.3, 0.4) is 0 Å². The number of hydrogen-bond donors (Lipinski definition) is 1. The van der Waals surface area contributed by atoms with Crippen LogP contribution >= 0.6 is 0 Å². The molecule has 0 aliphatic heterocycles. The summed E-state index contributed by atoms with van der Waals surface area (Å²) in [4.78, 5) is 0. The molecule has 1 aromatic rings. The van der Waals surface area contributed by atoms with Crippen LogP contribution in [0.5, 0.6) is 0 Å². The van der Waals surface area contributed by atoms with E-state index < -0.39 is 36.2 Å². The largest absolute Gasteiger partial charge is 0.389 e. The Kier molecular flexibility index (Phi) is 4.61.